The molecule has 1 aromatic carbocycles. The molecular weight excluding hydrogens is 258 g/mol. The Kier molecular flexibility index (Phi) is 4.42. The molecule has 0 aliphatic rings. The van der Waals surface area contributed by atoms with Gasteiger partial charge in [0.25, 0.3) is 0 Å². The smallest absolute Gasteiger partial charge is 0.371 e. The van der Waals surface area contributed by atoms with Gasteiger partial charge in [-0.05, 0) is 36.8 Å². The zero-order valence-corrected chi connectivity index (χ0v) is 11.4. The summed E-state index contributed by atoms with van der Waals surface area (Å²) in [6, 6.07) is 11.0. The Morgan fingerprint density at radius 2 is 2.20 bits per heavy atom. The van der Waals surface area contributed by atoms with E-state index < -0.39 is 5.97 Å². The molecular formula is C15H17NO4. The summed E-state index contributed by atoms with van der Waals surface area (Å²) in [5.41, 5.74) is 1.09. The van der Waals surface area contributed by atoms with Crippen molar-refractivity contribution in [1.29, 1.82) is 0 Å². The van der Waals surface area contributed by atoms with Crippen LogP contribution in [0.2, 0.25) is 0 Å². The van der Waals surface area contributed by atoms with Gasteiger partial charge in [0.05, 0.1) is 13.7 Å². The third-order valence-corrected chi connectivity index (χ3v) is 3.05. The van der Waals surface area contributed by atoms with E-state index in [-0.39, 0.29) is 11.8 Å². The number of nitrogens with one attached hydrogen (secondary N) is 1. The number of hydrogen-bond acceptors (Lipinski definition) is 4. The molecule has 0 fully saturated rings. The highest BCUT2D eigenvalue weighted by molar-refractivity contribution is 5.84. The first-order valence-corrected chi connectivity index (χ1v) is 6.29. The molecule has 2 N–H and O–H groups in total. The van der Waals surface area contributed by atoms with Crippen molar-refractivity contribution in [3.63, 3.8) is 0 Å². The molecule has 2 rings (SSSR count). The standard InChI is InChI=1S/C15H17NO4/c1-10(11-4-3-5-12(8-11)19-2)16-9-13-6-7-14(20-13)15(17)18/h3-8,10,16H,9H2,1-2H3,(H,17,18)/t10-/m1/s1. The minimum Gasteiger partial charge on any atom is -0.497 e. The lowest BCUT2D eigenvalue weighted by atomic mass is 10.1. The van der Waals surface area contributed by atoms with Crippen molar-refractivity contribution in [2.45, 2.75) is 19.5 Å². The number of aromatic carboxylic acids is 1. The Balaban J connectivity index is 1.96. The molecule has 2 aromatic rings. The Morgan fingerprint density at radius 3 is 2.85 bits per heavy atom. The van der Waals surface area contributed by atoms with Crippen LogP contribution in [0.1, 0.15) is 34.8 Å². The quantitative estimate of drug-likeness (QED) is 0.848. The van der Waals surface area contributed by atoms with Gasteiger partial charge < -0.3 is 19.6 Å². The van der Waals surface area contributed by atoms with Gasteiger partial charge in [0.15, 0.2) is 0 Å². The normalized spacial score (nSPS) is 12.1. The van der Waals surface area contributed by atoms with Crippen LogP contribution < -0.4 is 10.1 Å². The second kappa shape index (κ2) is 6.25. The van der Waals surface area contributed by atoms with Crippen LogP contribution in [0.3, 0.4) is 0 Å². The van der Waals surface area contributed by atoms with Crippen molar-refractivity contribution < 1.29 is 19.1 Å². The van der Waals surface area contributed by atoms with Crippen LogP contribution >= 0.6 is 0 Å². The van der Waals surface area contributed by atoms with Crippen molar-refractivity contribution in [1.82, 2.24) is 5.32 Å². The van der Waals surface area contributed by atoms with Gasteiger partial charge in [0.2, 0.25) is 5.76 Å². The molecule has 0 aliphatic heterocycles. The lowest BCUT2D eigenvalue weighted by Crippen LogP contribution is -2.17. The lowest BCUT2D eigenvalue weighted by Gasteiger charge is -2.14. The molecule has 1 atom stereocenters. The van der Waals surface area contributed by atoms with E-state index in [9.17, 15) is 4.79 Å². The molecule has 0 aliphatic carbocycles. The predicted molar refractivity (Wildman–Crippen MR) is 73.9 cm³/mol. The SMILES string of the molecule is COc1cccc([C@@H](C)NCc2ccc(C(=O)O)o2)c1. The van der Waals surface area contributed by atoms with Crippen molar-refractivity contribution in [2.24, 2.45) is 0 Å². The summed E-state index contributed by atoms with van der Waals surface area (Å²) in [5, 5.41) is 12.1. The average molecular weight is 275 g/mol. The van der Waals surface area contributed by atoms with Gasteiger partial charge in [-0.3, -0.25) is 0 Å². The molecule has 0 spiro atoms. The fourth-order valence-corrected chi connectivity index (χ4v) is 1.87. The second-order valence-electron chi connectivity index (χ2n) is 4.45. The number of methoxy groups -OCH3 is 1. The highest BCUT2D eigenvalue weighted by Crippen LogP contribution is 2.19. The average Bonchev–Trinajstić information content (AvgIpc) is 2.94. The van der Waals surface area contributed by atoms with E-state index in [0.29, 0.717) is 12.3 Å². The van der Waals surface area contributed by atoms with Crippen molar-refractivity contribution >= 4 is 5.97 Å². The van der Waals surface area contributed by atoms with E-state index in [1.54, 1.807) is 13.2 Å². The number of furan rings is 1. The summed E-state index contributed by atoms with van der Waals surface area (Å²) in [6.45, 7) is 2.49. The number of carboxylic acids is 1. The highest BCUT2D eigenvalue weighted by atomic mass is 16.5. The minimum absolute atomic E-state index is 0.0455. The maximum atomic E-state index is 10.7. The topological polar surface area (TPSA) is 71.7 Å². The molecule has 0 amide bonds. The molecule has 5 nitrogen and oxygen atoms in total. The molecule has 0 radical (unpaired) electrons. The summed E-state index contributed by atoms with van der Waals surface area (Å²) in [6.07, 6.45) is 0. The van der Waals surface area contributed by atoms with E-state index >= 15 is 0 Å². The van der Waals surface area contributed by atoms with Crippen molar-refractivity contribution in [2.75, 3.05) is 7.11 Å². The molecule has 5 heteroatoms. The molecule has 0 saturated heterocycles. The third kappa shape index (κ3) is 3.39. The Labute approximate surface area is 117 Å². The van der Waals surface area contributed by atoms with Gasteiger partial charge in [-0.1, -0.05) is 12.1 Å². The van der Waals surface area contributed by atoms with Crippen molar-refractivity contribution in [3.8, 4) is 5.75 Å². The first-order chi connectivity index (χ1) is 9.60. The molecule has 106 valence electrons. The Morgan fingerprint density at radius 1 is 1.40 bits per heavy atom. The molecule has 20 heavy (non-hydrogen) atoms. The van der Waals surface area contributed by atoms with Gasteiger partial charge in [-0.25, -0.2) is 4.79 Å². The zero-order chi connectivity index (χ0) is 14.5. The number of carboxylic acid groups (broad SMARTS) is 1. The highest BCUT2D eigenvalue weighted by Gasteiger charge is 2.10. The van der Waals surface area contributed by atoms with E-state index in [1.807, 2.05) is 31.2 Å². The molecule has 0 unspecified atom stereocenters. The Bertz CT molecular complexity index is 591. The lowest BCUT2D eigenvalue weighted by molar-refractivity contribution is 0.0660. The van der Waals surface area contributed by atoms with Crippen LogP contribution in [0.25, 0.3) is 0 Å². The largest absolute Gasteiger partial charge is 0.497 e. The summed E-state index contributed by atoms with van der Waals surface area (Å²) in [5.74, 6) is 0.299. The minimum atomic E-state index is -1.06. The van der Waals surface area contributed by atoms with Crippen LogP contribution in [0.15, 0.2) is 40.8 Å². The van der Waals surface area contributed by atoms with Gasteiger partial charge in [0.1, 0.15) is 11.5 Å². The van der Waals surface area contributed by atoms with Crippen LogP contribution in [0, 0.1) is 0 Å². The number of carbonyl (C=O) groups is 1. The van der Waals surface area contributed by atoms with E-state index in [2.05, 4.69) is 5.32 Å². The van der Waals surface area contributed by atoms with Crippen LogP contribution in [0.4, 0.5) is 0 Å². The van der Waals surface area contributed by atoms with Crippen LogP contribution in [-0.4, -0.2) is 18.2 Å². The summed E-state index contributed by atoms with van der Waals surface area (Å²) in [4.78, 5) is 10.7. The van der Waals surface area contributed by atoms with Crippen molar-refractivity contribution in [3.05, 3.63) is 53.5 Å². The molecule has 1 heterocycles. The van der Waals surface area contributed by atoms with Gasteiger partial charge >= 0.3 is 5.97 Å². The van der Waals surface area contributed by atoms with E-state index in [1.165, 1.54) is 6.07 Å². The van der Waals surface area contributed by atoms with Gasteiger partial charge in [-0.15, -0.1) is 0 Å². The summed E-state index contributed by atoms with van der Waals surface area (Å²) >= 11 is 0. The number of hydrogen-bond donors (Lipinski definition) is 2. The molecule has 1 aromatic heterocycles. The zero-order valence-electron chi connectivity index (χ0n) is 11.4. The fourth-order valence-electron chi connectivity index (χ4n) is 1.87. The second-order valence-corrected chi connectivity index (χ2v) is 4.45. The number of ether oxygens (including phenoxy) is 1. The maximum Gasteiger partial charge on any atom is 0.371 e. The Hall–Kier alpha value is -2.27. The van der Waals surface area contributed by atoms with E-state index in [0.717, 1.165) is 11.3 Å². The summed E-state index contributed by atoms with van der Waals surface area (Å²) in [7, 11) is 1.63. The predicted octanol–water partition coefficient (Wildman–Crippen LogP) is 2.84. The van der Waals surface area contributed by atoms with Gasteiger partial charge in [0, 0.05) is 6.04 Å². The summed E-state index contributed by atoms with van der Waals surface area (Å²) < 4.78 is 10.4. The number of benzene rings is 1. The van der Waals surface area contributed by atoms with Gasteiger partial charge in [-0.2, -0.15) is 0 Å². The number of rotatable bonds is 6. The third-order valence-electron chi connectivity index (χ3n) is 3.05. The fraction of sp³-hybridized carbons (Fsp3) is 0.267. The van der Waals surface area contributed by atoms with Crippen LogP contribution in [-0.2, 0) is 6.54 Å². The monoisotopic (exact) mass is 275 g/mol. The molecule has 0 bridgehead atoms. The van der Waals surface area contributed by atoms with E-state index in [4.69, 9.17) is 14.3 Å². The first-order valence-electron chi connectivity index (χ1n) is 6.29. The first kappa shape index (κ1) is 14.1. The van der Waals surface area contributed by atoms with Crippen LogP contribution in [0.5, 0.6) is 5.75 Å². The molecule has 0 saturated carbocycles. The maximum absolute atomic E-state index is 10.7.